The molecule has 0 saturated carbocycles. The molecule has 1 radical (unpaired) electrons. The first-order chi connectivity index (χ1) is 7.99. The normalized spacial score (nSPS) is 10.6. The molecule has 0 fully saturated rings. The molecule has 0 atom stereocenters. The maximum absolute atomic E-state index is 13.6. The van der Waals surface area contributed by atoms with Crippen molar-refractivity contribution < 1.29 is 13.2 Å². The van der Waals surface area contributed by atoms with Gasteiger partial charge >= 0.3 is 0 Å². The van der Waals surface area contributed by atoms with Gasteiger partial charge < -0.3 is 0 Å². The van der Waals surface area contributed by atoms with E-state index < -0.39 is 23.0 Å². The summed E-state index contributed by atoms with van der Waals surface area (Å²) in [5, 5.41) is 0.0862. The highest BCUT2D eigenvalue weighted by molar-refractivity contribution is 9.10. The Hall–Kier alpha value is -1.00. The van der Waals surface area contributed by atoms with Crippen molar-refractivity contribution in [1.82, 2.24) is 0 Å². The van der Waals surface area contributed by atoms with Crippen LogP contribution in [-0.4, -0.2) is 0 Å². The van der Waals surface area contributed by atoms with Crippen LogP contribution in [0.4, 0.5) is 13.2 Å². The standard InChI is InChI=1S/C12H4BrClF3/c13-6-3-10(16)12(11(17)4-6)8-5-7(14)1-2-9(8)15/h2-5H. The summed E-state index contributed by atoms with van der Waals surface area (Å²) in [7, 11) is 0. The predicted octanol–water partition coefficient (Wildman–Crippen LogP) is 4.99. The van der Waals surface area contributed by atoms with Crippen molar-refractivity contribution in [2.24, 2.45) is 0 Å². The van der Waals surface area contributed by atoms with E-state index in [1.807, 2.05) is 0 Å². The van der Waals surface area contributed by atoms with Gasteiger partial charge in [0, 0.05) is 21.1 Å². The summed E-state index contributed by atoms with van der Waals surface area (Å²) in [6, 6.07) is 6.59. The smallest absolute Gasteiger partial charge is 0.135 e. The predicted molar refractivity (Wildman–Crippen MR) is 63.3 cm³/mol. The molecule has 0 unspecified atom stereocenters. The number of benzene rings is 2. The van der Waals surface area contributed by atoms with Crippen LogP contribution < -0.4 is 0 Å². The molecule has 2 aromatic carbocycles. The number of halogens is 5. The highest BCUT2D eigenvalue weighted by atomic mass is 79.9. The fourth-order valence-corrected chi connectivity index (χ4v) is 2.00. The summed E-state index contributed by atoms with van der Waals surface area (Å²) in [5.74, 6) is -2.51. The van der Waals surface area contributed by atoms with E-state index in [0.29, 0.717) is 0 Å². The van der Waals surface area contributed by atoms with Crippen molar-refractivity contribution in [1.29, 1.82) is 0 Å². The van der Waals surface area contributed by atoms with E-state index in [0.717, 1.165) is 24.3 Å². The third-order valence-electron chi connectivity index (χ3n) is 2.14. The fraction of sp³-hybridized carbons (Fsp3) is 0. The summed E-state index contributed by atoms with van der Waals surface area (Å²) in [5.41, 5.74) is -0.669. The molecule has 17 heavy (non-hydrogen) atoms. The minimum atomic E-state index is -0.863. The van der Waals surface area contributed by atoms with Gasteiger partial charge in [0.25, 0.3) is 0 Å². The zero-order valence-corrected chi connectivity index (χ0v) is 10.5. The third-order valence-corrected chi connectivity index (χ3v) is 2.82. The molecule has 0 aliphatic carbocycles. The second kappa shape index (κ2) is 4.70. The van der Waals surface area contributed by atoms with Gasteiger partial charge in [0.15, 0.2) is 0 Å². The Balaban J connectivity index is 2.72. The first kappa shape index (κ1) is 12.5. The summed E-state index contributed by atoms with van der Waals surface area (Å²) in [6.07, 6.45) is 0. The lowest BCUT2D eigenvalue weighted by Gasteiger charge is -2.07. The minimum absolute atomic E-state index is 0.0862. The fourth-order valence-electron chi connectivity index (χ4n) is 1.44. The van der Waals surface area contributed by atoms with E-state index >= 15 is 0 Å². The van der Waals surface area contributed by atoms with Crippen molar-refractivity contribution in [2.45, 2.75) is 0 Å². The van der Waals surface area contributed by atoms with Crippen molar-refractivity contribution in [3.63, 3.8) is 0 Å². The van der Waals surface area contributed by atoms with Crippen LogP contribution in [-0.2, 0) is 0 Å². The van der Waals surface area contributed by atoms with Gasteiger partial charge in [-0.15, -0.1) is 0 Å². The van der Waals surface area contributed by atoms with E-state index in [1.165, 1.54) is 0 Å². The van der Waals surface area contributed by atoms with Gasteiger partial charge in [-0.2, -0.15) is 0 Å². The Bertz CT molecular complexity index is 561. The maximum atomic E-state index is 13.6. The molecule has 0 bridgehead atoms. The first-order valence-electron chi connectivity index (χ1n) is 4.50. The summed E-state index contributed by atoms with van der Waals surface area (Å²) in [4.78, 5) is 0. The Labute approximate surface area is 109 Å². The van der Waals surface area contributed by atoms with Gasteiger partial charge in [-0.05, 0) is 24.3 Å². The van der Waals surface area contributed by atoms with Gasteiger partial charge in [-0.25, -0.2) is 13.2 Å². The minimum Gasteiger partial charge on any atom is -0.206 e. The van der Waals surface area contributed by atoms with Crippen molar-refractivity contribution >= 4 is 27.5 Å². The SMILES string of the molecule is Fc1c[c]c(Cl)cc1-c1c(F)cc(Br)cc1F. The van der Waals surface area contributed by atoms with Crippen LogP contribution in [0.5, 0.6) is 0 Å². The lowest BCUT2D eigenvalue weighted by atomic mass is 10.0. The molecule has 0 aliphatic heterocycles. The average Bonchev–Trinajstić information content (AvgIpc) is 2.21. The van der Waals surface area contributed by atoms with Gasteiger partial charge in [-0.3, -0.25) is 0 Å². The van der Waals surface area contributed by atoms with Crippen LogP contribution in [0.2, 0.25) is 5.02 Å². The van der Waals surface area contributed by atoms with Crippen LogP contribution in [0.15, 0.2) is 28.7 Å². The molecule has 2 aromatic rings. The molecular formula is C12H4BrClF3. The summed E-state index contributed by atoms with van der Waals surface area (Å²) < 4.78 is 41.0. The van der Waals surface area contributed by atoms with Crippen molar-refractivity contribution in [3.05, 3.63) is 57.3 Å². The highest BCUT2D eigenvalue weighted by Gasteiger charge is 2.16. The Morgan fingerprint density at radius 2 is 1.59 bits per heavy atom. The third kappa shape index (κ3) is 2.48. The molecule has 87 valence electrons. The Morgan fingerprint density at radius 3 is 2.18 bits per heavy atom. The molecule has 2 rings (SSSR count). The summed E-state index contributed by atoms with van der Waals surface area (Å²) in [6.45, 7) is 0. The van der Waals surface area contributed by atoms with Crippen molar-refractivity contribution in [2.75, 3.05) is 0 Å². The average molecular weight is 321 g/mol. The van der Waals surface area contributed by atoms with E-state index in [2.05, 4.69) is 22.0 Å². The van der Waals surface area contributed by atoms with Crippen LogP contribution in [0, 0.1) is 23.5 Å². The topological polar surface area (TPSA) is 0 Å². The molecule has 0 N–H and O–H groups in total. The van der Waals surface area contributed by atoms with Crippen molar-refractivity contribution in [3.8, 4) is 11.1 Å². The lowest BCUT2D eigenvalue weighted by molar-refractivity contribution is 0.580. The number of rotatable bonds is 1. The Kier molecular flexibility index (Phi) is 3.45. The largest absolute Gasteiger partial charge is 0.206 e. The first-order valence-corrected chi connectivity index (χ1v) is 5.68. The van der Waals surface area contributed by atoms with Crippen LogP contribution in [0.3, 0.4) is 0 Å². The molecule has 0 heterocycles. The molecule has 0 saturated heterocycles. The van der Waals surface area contributed by atoms with Crippen LogP contribution >= 0.6 is 27.5 Å². The maximum Gasteiger partial charge on any atom is 0.135 e. The molecule has 0 aromatic heterocycles. The molecular weight excluding hydrogens is 316 g/mol. The lowest BCUT2D eigenvalue weighted by Crippen LogP contribution is -1.93. The second-order valence-corrected chi connectivity index (χ2v) is 4.61. The van der Waals surface area contributed by atoms with E-state index in [1.54, 1.807) is 0 Å². The van der Waals surface area contributed by atoms with Crippen LogP contribution in [0.1, 0.15) is 0 Å². The van der Waals surface area contributed by atoms with E-state index in [4.69, 9.17) is 11.6 Å². The van der Waals surface area contributed by atoms with Gasteiger partial charge in [-0.1, -0.05) is 27.5 Å². The van der Waals surface area contributed by atoms with Gasteiger partial charge in [0.05, 0.1) is 5.56 Å². The molecule has 5 heteroatoms. The quantitative estimate of drug-likeness (QED) is 0.694. The number of hydrogen-bond acceptors (Lipinski definition) is 0. The second-order valence-electron chi connectivity index (χ2n) is 3.29. The Morgan fingerprint density at radius 1 is 1.00 bits per heavy atom. The van der Waals surface area contributed by atoms with Crippen LogP contribution in [0.25, 0.3) is 11.1 Å². The zero-order chi connectivity index (χ0) is 12.6. The molecule has 0 aliphatic rings. The molecule has 0 spiro atoms. The van der Waals surface area contributed by atoms with Gasteiger partial charge in [0.2, 0.25) is 0 Å². The highest BCUT2D eigenvalue weighted by Crippen LogP contribution is 2.32. The van der Waals surface area contributed by atoms with Gasteiger partial charge in [0.1, 0.15) is 17.5 Å². The van der Waals surface area contributed by atoms with E-state index in [9.17, 15) is 13.2 Å². The monoisotopic (exact) mass is 319 g/mol. The molecule has 0 amide bonds. The molecule has 0 nitrogen and oxygen atoms in total. The summed E-state index contributed by atoms with van der Waals surface area (Å²) >= 11 is 8.57. The zero-order valence-electron chi connectivity index (χ0n) is 8.20. The number of hydrogen-bond donors (Lipinski definition) is 0. The van der Waals surface area contributed by atoms with E-state index in [-0.39, 0.29) is 15.1 Å².